The lowest BCUT2D eigenvalue weighted by molar-refractivity contribution is -0.137. The van der Waals surface area contributed by atoms with Crippen LogP contribution in [0.1, 0.15) is 27.2 Å². The van der Waals surface area contributed by atoms with Gasteiger partial charge in [0, 0.05) is 18.4 Å². The van der Waals surface area contributed by atoms with Gasteiger partial charge < -0.3 is 9.88 Å². The average Bonchev–Trinajstić information content (AvgIpc) is 3.12. The second kappa shape index (κ2) is 8.01. The molecule has 0 spiro atoms. The molecular weight excluding hydrogens is 367 g/mol. The summed E-state index contributed by atoms with van der Waals surface area (Å²) in [6, 6.07) is 17.5. The van der Waals surface area contributed by atoms with Gasteiger partial charge in [-0.15, -0.1) is 0 Å². The molecule has 2 aromatic carbocycles. The Morgan fingerprint density at radius 2 is 1.82 bits per heavy atom. The van der Waals surface area contributed by atoms with Crippen molar-refractivity contribution in [3.63, 3.8) is 0 Å². The van der Waals surface area contributed by atoms with Crippen molar-refractivity contribution in [3.8, 4) is 11.8 Å². The molecule has 0 saturated heterocycles. The summed E-state index contributed by atoms with van der Waals surface area (Å²) in [7, 11) is 0. The van der Waals surface area contributed by atoms with Gasteiger partial charge in [-0.25, -0.2) is 0 Å². The third kappa shape index (κ3) is 4.23. The lowest BCUT2D eigenvalue weighted by Gasteiger charge is -2.13. The summed E-state index contributed by atoms with van der Waals surface area (Å²) in [5, 5.41) is 12.0. The number of nitrogens with zero attached hydrogens (tertiary/aromatic N) is 2. The summed E-state index contributed by atoms with van der Waals surface area (Å²) < 4.78 is 40.3. The Bertz CT molecular complexity index is 1020. The first-order valence-electron chi connectivity index (χ1n) is 8.51. The summed E-state index contributed by atoms with van der Waals surface area (Å²) in [6.45, 7) is 0.335. The van der Waals surface area contributed by atoms with Gasteiger partial charge in [0.25, 0.3) is 5.91 Å². The van der Waals surface area contributed by atoms with Gasteiger partial charge in [-0.1, -0.05) is 36.4 Å². The van der Waals surface area contributed by atoms with E-state index in [-0.39, 0.29) is 16.9 Å². The predicted molar refractivity (Wildman–Crippen MR) is 98.0 cm³/mol. The fourth-order valence-corrected chi connectivity index (χ4v) is 2.85. The van der Waals surface area contributed by atoms with E-state index in [9.17, 15) is 23.2 Å². The van der Waals surface area contributed by atoms with Crippen molar-refractivity contribution in [3.05, 3.63) is 89.2 Å². The van der Waals surface area contributed by atoms with Gasteiger partial charge in [0.05, 0.1) is 11.1 Å². The van der Waals surface area contributed by atoms with E-state index in [0.717, 1.165) is 17.7 Å². The third-order valence-corrected chi connectivity index (χ3v) is 4.22. The molecule has 1 heterocycles. The number of hydrogen-bond donors (Lipinski definition) is 1. The van der Waals surface area contributed by atoms with Crippen molar-refractivity contribution >= 4 is 5.91 Å². The summed E-state index contributed by atoms with van der Waals surface area (Å²) in [6.07, 6.45) is -2.49. The Morgan fingerprint density at radius 1 is 1.07 bits per heavy atom. The van der Waals surface area contributed by atoms with Crippen LogP contribution >= 0.6 is 0 Å². The van der Waals surface area contributed by atoms with Crippen LogP contribution in [0.25, 0.3) is 5.69 Å². The van der Waals surface area contributed by atoms with E-state index < -0.39 is 17.6 Å². The van der Waals surface area contributed by atoms with Crippen molar-refractivity contribution in [2.75, 3.05) is 6.54 Å². The molecule has 3 aromatic rings. The molecule has 3 rings (SSSR count). The fraction of sp³-hybridized carbons (Fsp3) is 0.143. The Hall–Kier alpha value is -3.53. The van der Waals surface area contributed by atoms with E-state index in [4.69, 9.17) is 0 Å². The van der Waals surface area contributed by atoms with Gasteiger partial charge in [-0.05, 0) is 36.2 Å². The highest BCUT2D eigenvalue weighted by Gasteiger charge is 2.31. The molecule has 7 heteroatoms. The number of alkyl halides is 3. The molecule has 0 radical (unpaired) electrons. The minimum atomic E-state index is -4.50. The lowest BCUT2D eigenvalue weighted by Crippen LogP contribution is -2.28. The van der Waals surface area contributed by atoms with Gasteiger partial charge >= 0.3 is 6.18 Å². The van der Waals surface area contributed by atoms with Gasteiger partial charge in [-0.2, -0.15) is 18.4 Å². The van der Waals surface area contributed by atoms with Crippen molar-refractivity contribution in [2.24, 2.45) is 0 Å². The minimum Gasteiger partial charge on any atom is -0.350 e. The molecule has 0 saturated carbocycles. The number of carbonyl (C=O) groups is 1. The third-order valence-electron chi connectivity index (χ3n) is 4.22. The second-order valence-electron chi connectivity index (χ2n) is 6.10. The fourth-order valence-electron chi connectivity index (χ4n) is 2.85. The van der Waals surface area contributed by atoms with Crippen LogP contribution in [0.3, 0.4) is 0 Å². The number of benzene rings is 2. The lowest BCUT2D eigenvalue weighted by atomic mass is 10.1. The molecule has 4 nitrogen and oxygen atoms in total. The molecule has 142 valence electrons. The van der Waals surface area contributed by atoms with E-state index in [1.807, 2.05) is 36.4 Å². The van der Waals surface area contributed by atoms with Crippen molar-refractivity contribution in [1.82, 2.24) is 9.88 Å². The molecular formula is C21H16F3N3O. The molecule has 0 bridgehead atoms. The normalized spacial score (nSPS) is 11.1. The molecule has 0 atom stereocenters. The largest absolute Gasteiger partial charge is 0.416 e. The number of amides is 1. The minimum absolute atomic E-state index is 0.00915. The number of rotatable bonds is 5. The van der Waals surface area contributed by atoms with Crippen molar-refractivity contribution in [2.45, 2.75) is 12.6 Å². The van der Waals surface area contributed by atoms with Crippen LogP contribution in [0.15, 0.2) is 66.9 Å². The molecule has 1 N–H and O–H groups in total. The highest BCUT2D eigenvalue weighted by molar-refractivity contribution is 5.95. The molecule has 0 aliphatic rings. The van der Waals surface area contributed by atoms with Crippen LogP contribution in [0.4, 0.5) is 13.2 Å². The highest BCUT2D eigenvalue weighted by atomic mass is 19.4. The zero-order valence-electron chi connectivity index (χ0n) is 14.7. The predicted octanol–water partition coefficient (Wildman–Crippen LogP) is 4.34. The zero-order chi connectivity index (χ0) is 20.1. The Balaban J connectivity index is 1.85. The van der Waals surface area contributed by atoms with Crippen LogP contribution in [0.2, 0.25) is 0 Å². The van der Waals surface area contributed by atoms with E-state index in [2.05, 4.69) is 5.32 Å². The first-order chi connectivity index (χ1) is 13.4. The van der Waals surface area contributed by atoms with E-state index in [0.29, 0.717) is 13.0 Å². The molecule has 0 aliphatic heterocycles. The smallest absolute Gasteiger partial charge is 0.350 e. The first-order valence-corrected chi connectivity index (χ1v) is 8.51. The number of nitriles is 1. The van der Waals surface area contributed by atoms with Crippen LogP contribution in [-0.4, -0.2) is 17.0 Å². The van der Waals surface area contributed by atoms with Crippen LogP contribution in [-0.2, 0) is 12.6 Å². The van der Waals surface area contributed by atoms with Crippen LogP contribution in [0, 0.1) is 11.3 Å². The molecule has 28 heavy (non-hydrogen) atoms. The van der Waals surface area contributed by atoms with Crippen molar-refractivity contribution < 1.29 is 18.0 Å². The van der Waals surface area contributed by atoms with Crippen LogP contribution < -0.4 is 5.32 Å². The molecule has 0 aliphatic carbocycles. The number of nitrogens with one attached hydrogen (secondary N) is 1. The zero-order valence-corrected chi connectivity index (χ0v) is 14.7. The maximum Gasteiger partial charge on any atom is 0.416 e. The Labute approximate surface area is 159 Å². The van der Waals surface area contributed by atoms with Crippen LogP contribution in [0.5, 0.6) is 0 Å². The summed E-state index contributed by atoms with van der Waals surface area (Å²) in [5.74, 6) is -0.519. The highest BCUT2D eigenvalue weighted by Crippen LogP contribution is 2.31. The van der Waals surface area contributed by atoms with E-state index in [1.54, 1.807) is 0 Å². The van der Waals surface area contributed by atoms with Gasteiger partial charge in [0.2, 0.25) is 0 Å². The van der Waals surface area contributed by atoms with Gasteiger partial charge in [0.15, 0.2) is 0 Å². The standard InChI is InChI=1S/C21H16F3N3O/c22-21(23,24)17-7-4-8-18(13-17)27-12-10-16(14-25)19(27)20(28)26-11-9-15-5-2-1-3-6-15/h1-8,10,12-13H,9,11H2,(H,26,28). The summed E-state index contributed by atoms with van der Waals surface area (Å²) in [5.41, 5.74) is 0.471. The quantitative estimate of drug-likeness (QED) is 0.713. The molecule has 1 aromatic heterocycles. The van der Waals surface area contributed by atoms with Gasteiger partial charge in [0.1, 0.15) is 11.8 Å². The topological polar surface area (TPSA) is 57.8 Å². The Kier molecular flexibility index (Phi) is 5.50. The number of halogens is 3. The Morgan fingerprint density at radius 3 is 2.50 bits per heavy atom. The second-order valence-corrected chi connectivity index (χ2v) is 6.10. The maximum atomic E-state index is 13.0. The monoisotopic (exact) mass is 383 g/mol. The first kappa shape index (κ1) is 19.2. The van der Waals surface area contributed by atoms with Crippen molar-refractivity contribution in [1.29, 1.82) is 5.26 Å². The van der Waals surface area contributed by atoms with Gasteiger partial charge in [-0.3, -0.25) is 4.79 Å². The molecule has 0 unspecified atom stereocenters. The summed E-state index contributed by atoms with van der Waals surface area (Å²) in [4.78, 5) is 12.6. The van der Waals surface area contributed by atoms with E-state index >= 15 is 0 Å². The number of hydrogen-bond acceptors (Lipinski definition) is 2. The maximum absolute atomic E-state index is 13.0. The molecule has 1 amide bonds. The SMILES string of the molecule is N#Cc1ccn(-c2cccc(C(F)(F)F)c2)c1C(=O)NCCc1ccccc1. The average molecular weight is 383 g/mol. The molecule has 0 fully saturated rings. The van der Waals surface area contributed by atoms with E-state index in [1.165, 1.54) is 29.0 Å². The number of aromatic nitrogens is 1. The summed E-state index contributed by atoms with van der Waals surface area (Å²) >= 11 is 0. The number of carbonyl (C=O) groups excluding carboxylic acids is 1.